The van der Waals surface area contributed by atoms with Gasteiger partial charge < -0.3 is 20.1 Å². The van der Waals surface area contributed by atoms with E-state index in [9.17, 15) is 9.59 Å². The van der Waals surface area contributed by atoms with Gasteiger partial charge in [-0.15, -0.1) is 0 Å². The molecule has 120 valence electrons. The van der Waals surface area contributed by atoms with E-state index in [0.29, 0.717) is 32.6 Å². The van der Waals surface area contributed by atoms with Crippen LogP contribution in [0.1, 0.15) is 18.9 Å². The first kappa shape index (κ1) is 16.3. The molecule has 6 nitrogen and oxygen atoms in total. The van der Waals surface area contributed by atoms with Gasteiger partial charge in [-0.25, -0.2) is 0 Å². The van der Waals surface area contributed by atoms with Crippen LogP contribution in [-0.4, -0.2) is 38.7 Å². The fourth-order valence-electron chi connectivity index (χ4n) is 2.31. The van der Waals surface area contributed by atoms with Crippen molar-refractivity contribution in [2.75, 3.05) is 32.2 Å². The molecule has 6 heteroatoms. The summed E-state index contributed by atoms with van der Waals surface area (Å²) in [5.41, 5.74) is 1.67. The number of rotatable bonds is 6. The lowest BCUT2D eigenvalue weighted by molar-refractivity contribution is -0.126. The van der Waals surface area contributed by atoms with E-state index in [1.54, 1.807) is 14.0 Å². The minimum atomic E-state index is -0.221. The van der Waals surface area contributed by atoms with Crippen LogP contribution in [0.2, 0.25) is 0 Å². The van der Waals surface area contributed by atoms with Gasteiger partial charge in [0.05, 0.1) is 12.5 Å². The van der Waals surface area contributed by atoms with Crippen molar-refractivity contribution >= 4 is 17.5 Å². The Morgan fingerprint density at radius 1 is 1.41 bits per heavy atom. The average molecular weight is 306 g/mol. The SMILES string of the molecule is CCC(=O)Nc1ccc2c(c1)C[C@H](C(=O)NCCOC)CO2. The number of amides is 2. The number of hydrogen-bond acceptors (Lipinski definition) is 4. The van der Waals surface area contributed by atoms with Crippen LogP contribution in [-0.2, 0) is 20.7 Å². The van der Waals surface area contributed by atoms with Gasteiger partial charge in [0.1, 0.15) is 12.4 Å². The molecule has 0 radical (unpaired) electrons. The van der Waals surface area contributed by atoms with E-state index >= 15 is 0 Å². The molecule has 1 aliphatic heterocycles. The van der Waals surface area contributed by atoms with Crippen LogP contribution in [0.3, 0.4) is 0 Å². The Labute approximate surface area is 130 Å². The number of ether oxygens (including phenoxy) is 2. The molecule has 1 aromatic rings. The third kappa shape index (κ3) is 4.21. The van der Waals surface area contributed by atoms with E-state index in [-0.39, 0.29) is 17.7 Å². The molecule has 2 rings (SSSR count). The third-order valence-electron chi connectivity index (χ3n) is 3.55. The standard InChI is InChI=1S/C16H22N2O4/c1-3-15(19)18-13-4-5-14-11(9-13)8-12(10-22-14)16(20)17-6-7-21-2/h4-5,9,12H,3,6-8,10H2,1-2H3,(H,17,20)(H,18,19)/t12-/m0/s1. The average Bonchev–Trinajstić information content (AvgIpc) is 2.54. The minimum absolute atomic E-state index is 0.0364. The molecule has 1 heterocycles. The van der Waals surface area contributed by atoms with Crippen molar-refractivity contribution in [1.29, 1.82) is 0 Å². The van der Waals surface area contributed by atoms with Gasteiger partial charge in [0.25, 0.3) is 0 Å². The van der Waals surface area contributed by atoms with E-state index in [0.717, 1.165) is 17.0 Å². The first-order valence-corrected chi connectivity index (χ1v) is 7.46. The molecule has 0 fully saturated rings. The van der Waals surface area contributed by atoms with Crippen LogP contribution in [0.15, 0.2) is 18.2 Å². The summed E-state index contributed by atoms with van der Waals surface area (Å²) < 4.78 is 10.6. The van der Waals surface area contributed by atoms with Gasteiger partial charge in [0, 0.05) is 25.8 Å². The van der Waals surface area contributed by atoms with Gasteiger partial charge >= 0.3 is 0 Å². The number of fused-ring (bicyclic) bond motifs is 1. The van der Waals surface area contributed by atoms with Crippen LogP contribution < -0.4 is 15.4 Å². The Kier molecular flexibility index (Phi) is 5.77. The maximum atomic E-state index is 12.1. The van der Waals surface area contributed by atoms with E-state index in [4.69, 9.17) is 9.47 Å². The molecule has 0 spiro atoms. The molecule has 0 aliphatic carbocycles. The molecule has 0 bridgehead atoms. The molecular weight excluding hydrogens is 284 g/mol. The second kappa shape index (κ2) is 7.79. The fourth-order valence-corrected chi connectivity index (χ4v) is 2.31. The summed E-state index contributed by atoms with van der Waals surface area (Å²) in [4.78, 5) is 23.5. The highest BCUT2D eigenvalue weighted by Gasteiger charge is 2.26. The zero-order valence-electron chi connectivity index (χ0n) is 13.0. The zero-order chi connectivity index (χ0) is 15.9. The van der Waals surface area contributed by atoms with Gasteiger partial charge in [-0.1, -0.05) is 6.92 Å². The van der Waals surface area contributed by atoms with Crippen molar-refractivity contribution < 1.29 is 19.1 Å². The Hall–Kier alpha value is -2.08. The maximum absolute atomic E-state index is 12.1. The van der Waals surface area contributed by atoms with E-state index in [1.165, 1.54) is 0 Å². The third-order valence-corrected chi connectivity index (χ3v) is 3.55. The van der Waals surface area contributed by atoms with Gasteiger partial charge in [-0.3, -0.25) is 9.59 Å². The topological polar surface area (TPSA) is 76.7 Å². The summed E-state index contributed by atoms with van der Waals surface area (Å²) in [5, 5.41) is 5.64. The Bertz CT molecular complexity index is 545. The number of benzene rings is 1. The molecule has 0 saturated carbocycles. The quantitative estimate of drug-likeness (QED) is 0.778. The van der Waals surface area contributed by atoms with Crippen LogP contribution >= 0.6 is 0 Å². The van der Waals surface area contributed by atoms with Crippen molar-refractivity contribution in [1.82, 2.24) is 5.32 Å². The second-order valence-corrected chi connectivity index (χ2v) is 5.22. The van der Waals surface area contributed by atoms with E-state index < -0.39 is 0 Å². The molecule has 22 heavy (non-hydrogen) atoms. The lowest BCUT2D eigenvalue weighted by Gasteiger charge is -2.25. The first-order chi connectivity index (χ1) is 10.6. The Morgan fingerprint density at radius 3 is 2.95 bits per heavy atom. The highest BCUT2D eigenvalue weighted by Crippen LogP contribution is 2.30. The normalized spacial score (nSPS) is 16.4. The zero-order valence-corrected chi connectivity index (χ0v) is 13.0. The van der Waals surface area contributed by atoms with Crippen LogP contribution in [0.5, 0.6) is 5.75 Å². The minimum Gasteiger partial charge on any atom is -0.492 e. The Balaban J connectivity index is 2.00. The van der Waals surface area contributed by atoms with Crippen molar-refractivity contribution in [3.8, 4) is 5.75 Å². The monoisotopic (exact) mass is 306 g/mol. The molecule has 2 amide bonds. The largest absolute Gasteiger partial charge is 0.492 e. The molecule has 1 aliphatic rings. The molecule has 0 unspecified atom stereocenters. The highest BCUT2D eigenvalue weighted by molar-refractivity contribution is 5.90. The lowest BCUT2D eigenvalue weighted by atomic mass is 9.95. The predicted octanol–water partition coefficient (Wildman–Crippen LogP) is 1.35. The van der Waals surface area contributed by atoms with Crippen LogP contribution in [0, 0.1) is 5.92 Å². The number of carbonyl (C=O) groups excluding carboxylic acids is 2. The summed E-state index contributed by atoms with van der Waals surface area (Å²) >= 11 is 0. The lowest BCUT2D eigenvalue weighted by Crippen LogP contribution is -2.38. The van der Waals surface area contributed by atoms with Gasteiger partial charge in [-0.2, -0.15) is 0 Å². The predicted molar refractivity (Wildman–Crippen MR) is 82.9 cm³/mol. The summed E-state index contributed by atoms with van der Waals surface area (Å²) in [7, 11) is 1.60. The maximum Gasteiger partial charge on any atom is 0.226 e. The second-order valence-electron chi connectivity index (χ2n) is 5.22. The van der Waals surface area contributed by atoms with Crippen molar-refractivity contribution in [2.45, 2.75) is 19.8 Å². The summed E-state index contributed by atoms with van der Waals surface area (Å²) in [6.45, 7) is 3.15. The number of hydrogen-bond donors (Lipinski definition) is 2. The van der Waals surface area contributed by atoms with Crippen molar-refractivity contribution in [3.05, 3.63) is 23.8 Å². The highest BCUT2D eigenvalue weighted by atomic mass is 16.5. The van der Waals surface area contributed by atoms with Gasteiger partial charge in [0.15, 0.2) is 0 Å². The number of nitrogens with one attached hydrogen (secondary N) is 2. The van der Waals surface area contributed by atoms with Crippen LogP contribution in [0.4, 0.5) is 5.69 Å². The van der Waals surface area contributed by atoms with Gasteiger partial charge in [0.2, 0.25) is 11.8 Å². The summed E-state index contributed by atoms with van der Waals surface area (Å²) in [5.74, 6) is 0.480. The number of carbonyl (C=O) groups is 2. The van der Waals surface area contributed by atoms with Crippen molar-refractivity contribution in [2.24, 2.45) is 5.92 Å². The smallest absolute Gasteiger partial charge is 0.226 e. The molecule has 2 N–H and O–H groups in total. The van der Waals surface area contributed by atoms with Crippen molar-refractivity contribution in [3.63, 3.8) is 0 Å². The van der Waals surface area contributed by atoms with Gasteiger partial charge in [-0.05, 0) is 30.2 Å². The number of anilines is 1. The van der Waals surface area contributed by atoms with E-state index in [2.05, 4.69) is 10.6 Å². The summed E-state index contributed by atoms with van der Waals surface area (Å²) in [6.07, 6.45) is 1.03. The van der Waals surface area contributed by atoms with E-state index in [1.807, 2.05) is 18.2 Å². The molecule has 1 aromatic carbocycles. The first-order valence-electron chi connectivity index (χ1n) is 7.46. The summed E-state index contributed by atoms with van der Waals surface area (Å²) in [6, 6.07) is 5.52. The molecular formula is C16H22N2O4. The molecule has 1 atom stereocenters. The van der Waals surface area contributed by atoms with Crippen LogP contribution in [0.25, 0.3) is 0 Å². The fraction of sp³-hybridized carbons (Fsp3) is 0.500. The Morgan fingerprint density at radius 2 is 2.23 bits per heavy atom. The molecule has 0 saturated heterocycles. The molecule has 0 aromatic heterocycles. The number of methoxy groups -OCH3 is 1.